The first-order chi connectivity index (χ1) is 14.2. The van der Waals surface area contributed by atoms with Crippen LogP contribution in [0.15, 0.2) is 60.7 Å². The molecule has 2 aliphatic heterocycles. The number of hydrogen-bond donors (Lipinski definition) is 2. The highest BCUT2D eigenvalue weighted by Crippen LogP contribution is 2.37. The number of nitrogens with one attached hydrogen (secondary N) is 1. The fraction of sp³-hybridized carbons (Fsp3) is 0.273. The summed E-state index contributed by atoms with van der Waals surface area (Å²) in [6, 6.07) is 19.6. The van der Waals surface area contributed by atoms with Crippen molar-refractivity contribution in [3.05, 3.63) is 66.4 Å². The Morgan fingerprint density at radius 1 is 1.10 bits per heavy atom. The molecule has 0 aliphatic carbocycles. The van der Waals surface area contributed by atoms with Gasteiger partial charge in [0.05, 0.1) is 17.4 Å². The number of aromatic amines is 1. The minimum atomic E-state index is -0.769. The molecule has 3 heterocycles. The third-order valence-electron chi connectivity index (χ3n) is 5.74. The van der Waals surface area contributed by atoms with Crippen molar-refractivity contribution in [3.8, 4) is 28.9 Å². The molecule has 0 amide bonds. The summed E-state index contributed by atoms with van der Waals surface area (Å²) >= 11 is 0. The average molecular weight is 387 g/mol. The quantitative estimate of drug-likeness (QED) is 0.654. The summed E-state index contributed by atoms with van der Waals surface area (Å²) in [6.45, 7) is 1.36. The molecule has 2 bridgehead atoms. The van der Waals surface area contributed by atoms with Crippen molar-refractivity contribution in [2.45, 2.75) is 24.7 Å². The molecule has 0 radical (unpaired) electrons. The van der Waals surface area contributed by atoms with Crippen LogP contribution in [0.25, 0.3) is 11.3 Å². The second-order valence-corrected chi connectivity index (χ2v) is 7.49. The molecule has 29 heavy (non-hydrogen) atoms. The number of aromatic nitrogens is 2. The van der Waals surface area contributed by atoms with E-state index in [0.717, 1.165) is 17.7 Å². The minimum Gasteiger partial charge on any atom is -0.457 e. The third kappa shape index (κ3) is 3.23. The summed E-state index contributed by atoms with van der Waals surface area (Å²) in [6.07, 6.45) is 2.38. The van der Waals surface area contributed by atoms with Crippen LogP contribution in [0.3, 0.4) is 0 Å². The summed E-state index contributed by atoms with van der Waals surface area (Å²) in [4.78, 5) is 3.85. The molecule has 7 heteroatoms. The number of aliphatic hydroxyl groups excluding tert-OH is 1. The number of benzene rings is 2. The van der Waals surface area contributed by atoms with Crippen molar-refractivity contribution < 1.29 is 9.84 Å². The van der Waals surface area contributed by atoms with E-state index in [2.05, 4.69) is 16.4 Å². The van der Waals surface area contributed by atoms with Gasteiger partial charge in [-0.1, -0.05) is 30.3 Å². The van der Waals surface area contributed by atoms with E-state index in [0.29, 0.717) is 30.2 Å². The fourth-order valence-corrected chi connectivity index (χ4v) is 4.29. The molecule has 2 N–H and O–H groups in total. The molecule has 5 rings (SSSR count). The second kappa shape index (κ2) is 7.24. The molecule has 1 aromatic heterocycles. The van der Waals surface area contributed by atoms with E-state index in [1.165, 1.54) is 0 Å². The van der Waals surface area contributed by atoms with Gasteiger partial charge < -0.3 is 14.7 Å². The predicted molar refractivity (Wildman–Crippen MR) is 107 cm³/mol. The first kappa shape index (κ1) is 17.7. The van der Waals surface area contributed by atoms with Gasteiger partial charge in [-0.15, -0.1) is 0 Å². The van der Waals surface area contributed by atoms with Gasteiger partial charge in [-0.25, -0.2) is 0 Å². The van der Waals surface area contributed by atoms with E-state index in [1.54, 1.807) is 0 Å². The number of para-hydroxylation sites is 2. The molecule has 0 saturated carbocycles. The number of H-pyrrole nitrogens is 1. The van der Waals surface area contributed by atoms with Crippen LogP contribution in [0, 0.1) is 11.5 Å². The van der Waals surface area contributed by atoms with Gasteiger partial charge in [-0.2, -0.15) is 10.4 Å². The van der Waals surface area contributed by atoms with E-state index >= 15 is 0 Å². The number of fused-ring (bicyclic) bond motifs is 2. The molecule has 2 aliphatic rings. The molecule has 2 aromatic carbocycles. The summed E-state index contributed by atoms with van der Waals surface area (Å²) in [5.41, 5.74) is 2.21. The van der Waals surface area contributed by atoms with Crippen molar-refractivity contribution in [3.63, 3.8) is 0 Å². The molecular formula is C22H21N5O2. The predicted octanol–water partition coefficient (Wildman–Crippen LogP) is 3.10. The largest absolute Gasteiger partial charge is 0.457 e. The van der Waals surface area contributed by atoms with Gasteiger partial charge in [0.15, 0.2) is 6.19 Å². The van der Waals surface area contributed by atoms with E-state index in [1.807, 2.05) is 70.5 Å². The molecule has 3 atom stereocenters. The lowest BCUT2D eigenvalue weighted by molar-refractivity contribution is -0.0280. The van der Waals surface area contributed by atoms with Crippen molar-refractivity contribution in [1.29, 1.82) is 5.26 Å². The number of likely N-dealkylation sites (tertiary alicyclic amines) is 2. The molecule has 1 unspecified atom stereocenters. The zero-order valence-corrected chi connectivity index (χ0v) is 15.8. The Hall–Kier alpha value is -3.34. The summed E-state index contributed by atoms with van der Waals surface area (Å²) in [5.74, 6) is 1.46. The van der Waals surface area contributed by atoms with Gasteiger partial charge >= 0.3 is 0 Å². The highest BCUT2D eigenvalue weighted by molar-refractivity contribution is 5.67. The van der Waals surface area contributed by atoms with Crippen LogP contribution in [0.1, 0.15) is 18.3 Å². The monoisotopic (exact) mass is 387 g/mol. The van der Waals surface area contributed by atoms with Crippen LogP contribution < -0.4 is 4.74 Å². The molecule has 2 saturated heterocycles. The van der Waals surface area contributed by atoms with Crippen LogP contribution in [0.4, 0.5) is 0 Å². The van der Waals surface area contributed by atoms with E-state index in [-0.39, 0.29) is 12.1 Å². The summed E-state index contributed by atoms with van der Waals surface area (Å²) < 4.78 is 6.03. The molecule has 146 valence electrons. The number of nitrogens with zero attached hydrogens (tertiary/aromatic N) is 4. The first-order valence-electron chi connectivity index (χ1n) is 9.70. The third-order valence-corrected chi connectivity index (χ3v) is 5.74. The highest BCUT2D eigenvalue weighted by atomic mass is 16.5. The highest BCUT2D eigenvalue weighted by Gasteiger charge is 2.45. The zero-order chi connectivity index (χ0) is 19.8. The van der Waals surface area contributed by atoms with Gasteiger partial charge in [0, 0.05) is 24.7 Å². The number of rotatable bonds is 5. The molecule has 0 spiro atoms. The lowest BCUT2D eigenvalue weighted by atomic mass is 10.1. The van der Waals surface area contributed by atoms with Gasteiger partial charge in [0.25, 0.3) is 0 Å². The molecule has 2 fully saturated rings. The first-order valence-corrected chi connectivity index (χ1v) is 9.70. The number of aliphatic hydroxyl groups is 1. The average Bonchev–Trinajstić information content (AvgIpc) is 3.50. The SMILES string of the molecule is N#CN1C[C@@H]2C[C@H]1CN2C(O)c1cc(-c2ccccc2Oc2ccccc2)n[nH]1. The van der Waals surface area contributed by atoms with Crippen molar-refractivity contribution in [2.75, 3.05) is 13.1 Å². The maximum Gasteiger partial charge on any atom is 0.179 e. The van der Waals surface area contributed by atoms with Crippen LogP contribution in [0.5, 0.6) is 11.5 Å². The lowest BCUT2D eigenvalue weighted by Gasteiger charge is -2.33. The fourth-order valence-electron chi connectivity index (χ4n) is 4.29. The molecular weight excluding hydrogens is 366 g/mol. The number of hydrogen-bond acceptors (Lipinski definition) is 6. The van der Waals surface area contributed by atoms with E-state index < -0.39 is 6.23 Å². The molecule has 3 aromatic rings. The van der Waals surface area contributed by atoms with E-state index in [9.17, 15) is 5.11 Å². The summed E-state index contributed by atoms with van der Waals surface area (Å²) in [5, 5.41) is 27.4. The Morgan fingerprint density at radius 3 is 2.66 bits per heavy atom. The Labute approximate surface area is 168 Å². The number of piperazine rings is 1. The maximum atomic E-state index is 10.9. The van der Waals surface area contributed by atoms with Crippen LogP contribution in [0.2, 0.25) is 0 Å². The standard InChI is InChI=1S/C22H21N5O2/c23-14-26-12-16-10-15(26)13-27(16)22(28)20-11-19(24-25-20)18-8-4-5-9-21(18)29-17-6-2-1-3-7-17/h1-9,11,15-16,22,28H,10,12-13H2,(H,24,25)/t15-,16-,22?/m0/s1. The van der Waals surface area contributed by atoms with Crippen LogP contribution in [-0.4, -0.2) is 50.3 Å². The Bertz CT molecular complexity index is 1040. The van der Waals surface area contributed by atoms with Crippen LogP contribution in [-0.2, 0) is 0 Å². The number of ether oxygens (including phenoxy) is 1. The van der Waals surface area contributed by atoms with Gasteiger partial charge in [0.2, 0.25) is 0 Å². The second-order valence-electron chi connectivity index (χ2n) is 7.49. The lowest BCUT2D eigenvalue weighted by Crippen LogP contribution is -2.45. The Balaban J connectivity index is 1.37. The zero-order valence-electron chi connectivity index (χ0n) is 15.8. The van der Waals surface area contributed by atoms with E-state index in [4.69, 9.17) is 10.00 Å². The minimum absolute atomic E-state index is 0.190. The molecule has 7 nitrogen and oxygen atoms in total. The van der Waals surface area contributed by atoms with Crippen molar-refractivity contribution >= 4 is 0 Å². The Kier molecular flexibility index (Phi) is 4.43. The van der Waals surface area contributed by atoms with Gasteiger partial charge in [-0.3, -0.25) is 10.00 Å². The van der Waals surface area contributed by atoms with Gasteiger partial charge in [0.1, 0.15) is 17.7 Å². The van der Waals surface area contributed by atoms with Crippen molar-refractivity contribution in [1.82, 2.24) is 20.0 Å². The topological polar surface area (TPSA) is 88.4 Å². The summed E-state index contributed by atoms with van der Waals surface area (Å²) in [7, 11) is 0. The van der Waals surface area contributed by atoms with Gasteiger partial charge in [-0.05, 0) is 36.8 Å². The van der Waals surface area contributed by atoms with Crippen molar-refractivity contribution in [2.24, 2.45) is 0 Å². The normalized spacial score (nSPS) is 21.9. The number of nitriles is 1. The maximum absolute atomic E-state index is 10.9. The van der Waals surface area contributed by atoms with Crippen LogP contribution >= 0.6 is 0 Å². The Morgan fingerprint density at radius 2 is 1.90 bits per heavy atom. The smallest absolute Gasteiger partial charge is 0.179 e.